The number of anilines is 1. The molecular weight excluding hydrogens is 520 g/mol. The van der Waals surface area contributed by atoms with Crippen molar-refractivity contribution in [3.05, 3.63) is 71.3 Å². The van der Waals surface area contributed by atoms with E-state index in [1.165, 1.54) is 4.68 Å². The molecule has 0 spiro atoms. The van der Waals surface area contributed by atoms with Gasteiger partial charge in [-0.1, -0.05) is 46.8 Å². The standard InChI is InChI=1S/C30H38N8O3/c1-18-14-37(17-33-18)25-11-20(30(6,7)8)10-22(26(25)41-9)27(39)34-21-12-24(19(2)31-13-21)38-15-23(35-36-38)28(40)32-16-29(3,4)5/h10-15,17H,16H2,1-9H3,(H,32,40)(H,34,39). The Labute approximate surface area is 240 Å². The number of hydrogen-bond donors (Lipinski definition) is 2. The van der Waals surface area contributed by atoms with Crippen LogP contribution in [0.2, 0.25) is 0 Å². The van der Waals surface area contributed by atoms with Gasteiger partial charge in [0.25, 0.3) is 11.8 Å². The van der Waals surface area contributed by atoms with E-state index in [1.54, 1.807) is 31.9 Å². The summed E-state index contributed by atoms with van der Waals surface area (Å²) in [6, 6.07) is 5.61. The quantitative estimate of drug-likeness (QED) is 0.333. The van der Waals surface area contributed by atoms with E-state index in [0.717, 1.165) is 11.3 Å². The van der Waals surface area contributed by atoms with Gasteiger partial charge >= 0.3 is 0 Å². The summed E-state index contributed by atoms with van der Waals surface area (Å²) in [4.78, 5) is 35.1. The number of benzene rings is 1. The van der Waals surface area contributed by atoms with Gasteiger partial charge in [-0.3, -0.25) is 14.6 Å². The summed E-state index contributed by atoms with van der Waals surface area (Å²) in [6.07, 6.45) is 6.71. The normalized spacial score (nSPS) is 11.8. The van der Waals surface area contributed by atoms with Crippen LogP contribution in [-0.2, 0) is 5.41 Å². The van der Waals surface area contributed by atoms with Crippen LogP contribution >= 0.6 is 0 Å². The van der Waals surface area contributed by atoms with Crippen molar-refractivity contribution in [2.75, 3.05) is 19.0 Å². The highest BCUT2D eigenvalue weighted by Crippen LogP contribution is 2.35. The van der Waals surface area contributed by atoms with Gasteiger partial charge in [0.05, 0.1) is 59.8 Å². The molecule has 41 heavy (non-hydrogen) atoms. The molecule has 216 valence electrons. The molecule has 11 heteroatoms. The van der Waals surface area contributed by atoms with Crippen molar-refractivity contribution in [1.29, 1.82) is 0 Å². The van der Waals surface area contributed by atoms with E-state index in [9.17, 15) is 9.59 Å². The fourth-order valence-corrected chi connectivity index (χ4v) is 4.12. The lowest BCUT2D eigenvalue weighted by Crippen LogP contribution is -2.32. The molecule has 0 saturated carbocycles. The Bertz CT molecular complexity index is 1590. The van der Waals surface area contributed by atoms with E-state index in [2.05, 4.69) is 51.7 Å². The monoisotopic (exact) mass is 558 g/mol. The third-order valence-electron chi connectivity index (χ3n) is 6.44. The number of hydrogen-bond acceptors (Lipinski definition) is 7. The molecule has 0 radical (unpaired) electrons. The van der Waals surface area contributed by atoms with Gasteiger partial charge in [0, 0.05) is 12.7 Å². The third-order valence-corrected chi connectivity index (χ3v) is 6.44. The molecule has 0 aliphatic heterocycles. The molecule has 0 saturated heterocycles. The Balaban J connectivity index is 1.66. The van der Waals surface area contributed by atoms with Crippen molar-refractivity contribution in [2.45, 2.75) is 60.8 Å². The minimum atomic E-state index is -0.358. The number of aryl methyl sites for hydroxylation is 2. The van der Waals surface area contributed by atoms with Crippen LogP contribution in [0.25, 0.3) is 11.4 Å². The largest absolute Gasteiger partial charge is 0.494 e. The zero-order valence-electron chi connectivity index (χ0n) is 25.2. The number of amides is 2. The van der Waals surface area contributed by atoms with Crippen LogP contribution < -0.4 is 15.4 Å². The first-order valence-corrected chi connectivity index (χ1v) is 13.4. The maximum atomic E-state index is 13.7. The van der Waals surface area contributed by atoms with Crippen molar-refractivity contribution in [3.8, 4) is 17.1 Å². The Kier molecular flexibility index (Phi) is 8.01. The summed E-state index contributed by atoms with van der Waals surface area (Å²) in [5.74, 6) is -0.241. The molecule has 2 amide bonds. The van der Waals surface area contributed by atoms with E-state index in [4.69, 9.17) is 4.74 Å². The van der Waals surface area contributed by atoms with Crippen molar-refractivity contribution in [2.24, 2.45) is 5.41 Å². The molecular formula is C30H38N8O3. The second-order valence-electron chi connectivity index (χ2n) is 12.3. The number of carbonyl (C=O) groups is 2. The van der Waals surface area contributed by atoms with Gasteiger partial charge in [-0.25, -0.2) is 9.67 Å². The number of aromatic nitrogens is 6. The van der Waals surface area contributed by atoms with Gasteiger partial charge in [0.1, 0.15) is 0 Å². The second kappa shape index (κ2) is 11.1. The zero-order valence-corrected chi connectivity index (χ0v) is 25.2. The first-order chi connectivity index (χ1) is 19.2. The van der Waals surface area contributed by atoms with Gasteiger partial charge in [-0.05, 0) is 48.4 Å². The Morgan fingerprint density at radius 3 is 2.29 bits per heavy atom. The Hall–Kier alpha value is -4.54. The minimum Gasteiger partial charge on any atom is -0.494 e. The number of methoxy groups -OCH3 is 1. The molecule has 0 bridgehead atoms. The zero-order chi connectivity index (χ0) is 30.1. The summed E-state index contributed by atoms with van der Waals surface area (Å²) in [5, 5.41) is 14.0. The third kappa shape index (κ3) is 6.79. The number of nitrogens with one attached hydrogen (secondary N) is 2. The van der Waals surface area contributed by atoms with Crippen LogP contribution in [0.1, 0.15) is 79.3 Å². The van der Waals surface area contributed by atoms with Crippen LogP contribution in [0.4, 0.5) is 5.69 Å². The molecule has 4 aromatic rings. The fourth-order valence-electron chi connectivity index (χ4n) is 4.12. The summed E-state index contributed by atoms with van der Waals surface area (Å²) >= 11 is 0. The van der Waals surface area contributed by atoms with E-state index < -0.39 is 0 Å². The predicted molar refractivity (Wildman–Crippen MR) is 157 cm³/mol. The minimum absolute atomic E-state index is 0.0632. The van der Waals surface area contributed by atoms with E-state index in [1.807, 2.05) is 57.5 Å². The maximum absolute atomic E-state index is 13.7. The smallest absolute Gasteiger partial charge is 0.273 e. The van der Waals surface area contributed by atoms with E-state index in [-0.39, 0.29) is 28.3 Å². The molecule has 0 unspecified atom stereocenters. The molecule has 0 aliphatic rings. The van der Waals surface area contributed by atoms with Crippen molar-refractivity contribution in [1.82, 2.24) is 34.8 Å². The van der Waals surface area contributed by atoms with Crippen LogP contribution in [-0.4, -0.2) is 55.0 Å². The van der Waals surface area contributed by atoms with E-state index >= 15 is 0 Å². The molecule has 3 heterocycles. The summed E-state index contributed by atoms with van der Waals surface area (Å²) in [7, 11) is 1.54. The Morgan fingerprint density at radius 1 is 0.951 bits per heavy atom. The SMILES string of the molecule is COc1c(C(=O)Nc2cnc(C)c(-n3cc(C(=O)NCC(C)(C)C)nn3)c2)cc(C(C)(C)C)cc1-n1cnc(C)c1. The lowest BCUT2D eigenvalue weighted by atomic mass is 9.85. The molecule has 0 fully saturated rings. The molecule has 3 aromatic heterocycles. The maximum Gasteiger partial charge on any atom is 0.273 e. The van der Waals surface area contributed by atoms with Gasteiger partial charge in [-0.2, -0.15) is 0 Å². The van der Waals surface area contributed by atoms with Gasteiger partial charge in [0.15, 0.2) is 11.4 Å². The highest BCUT2D eigenvalue weighted by atomic mass is 16.5. The lowest BCUT2D eigenvalue weighted by Gasteiger charge is -2.23. The molecule has 4 rings (SSSR count). The number of carbonyl (C=O) groups excluding carboxylic acids is 2. The summed E-state index contributed by atoms with van der Waals surface area (Å²) < 4.78 is 9.09. The van der Waals surface area contributed by atoms with Gasteiger partial charge < -0.3 is 19.9 Å². The first-order valence-electron chi connectivity index (χ1n) is 13.4. The number of imidazole rings is 1. The summed E-state index contributed by atoms with van der Waals surface area (Å²) in [6.45, 7) is 16.6. The number of pyridine rings is 1. The molecule has 1 aromatic carbocycles. The highest BCUT2D eigenvalue weighted by molar-refractivity contribution is 6.07. The number of rotatable bonds is 7. The molecule has 0 aliphatic carbocycles. The number of nitrogens with zero attached hydrogens (tertiary/aromatic N) is 6. The average molecular weight is 559 g/mol. The summed E-state index contributed by atoms with van der Waals surface area (Å²) in [5.41, 5.74) is 4.49. The van der Waals surface area contributed by atoms with E-state index in [0.29, 0.717) is 40.6 Å². The van der Waals surface area contributed by atoms with Gasteiger partial charge in [-0.15, -0.1) is 5.10 Å². The van der Waals surface area contributed by atoms with Crippen LogP contribution in [0.15, 0.2) is 43.1 Å². The Morgan fingerprint density at radius 2 is 1.68 bits per heavy atom. The molecule has 11 nitrogen and oxygen atoms in total. The van der Waals surface area contributed by atoms with Gasteiger partial charge in [0.2, 0.25) is 0 Å². The average Bonchev–Trinajstić information content (AvgIpc) is 3.56. The first kappa shape index (κ1) is 29.4. The number of ether oxygens (including phenoxy) is 1. The van der Waals surface area contributed by atoms with Crippen molar-refractivity contribution in [3.63, 3.8) is 0 Å². The molecule has 0 atom stereocenters. The van der Waals surface area contributed by atoms with Crippen molar-refractivity contribution < 1.29 is 14.3 Å². The highest BCUT2D eigenvalue weighted by Gasteiger charge is 2.24. The lowest BCUT2D eigenvalue weighted by molar-refractivity contribution is 0.0933. The predicted octanol–water partition coefficient (Wildman–Crippen LogP) is 4.80. The fraction of sp³-hybridized carbons (Fsp3) is 0.400. The van der Waals surface area contributed by atoms with Crippen LogP contribution in [0.3, 0.4) is 0 Å². The van der Waals surface area contributed by atoms with Crippen LogP contribution in [0.5, 0.6) is 5.75 Å². The second-order valence-corrected chi connectivity index (χ2v) is 12.3. The molecule has 2 N–H and O–H groups in total. The van der Waals surface area contributed by atoms with Crippen molar-refractivity contribution >= 4 is 17.5 Å². The van der Waals surface area contributed by atoms with Crippen LogP contribution in [0, 0.1) is 19.3 Å². The topological polar surface area (TPSA) is 129 Å².